The van der Waals surface area contributed by atoms with Gasteiger partial charge in [-0.2, -0.15) is 0 Å². The molecule has 0 N–H and O–H groups in total. The van der Waals surface area contributed by atoms with Crippen LogP contribution in [0.1, 0.15) is 18.9 Å². The minimum atomic E-state index is 0.958. The van der Waals surface area contributed by atoms with E-state index in [4.69, 9.17) is 4.42 Å². The van der Waals surface area contributed by atoms with Crippen molar-refractivity contribution >= 4 is 11.3 Å². The van der Waals surface area contributed by atoms with Gasteiger partial charge in [0.1, 0.15) is 5.01 Å². The number of hydrogen-bond acceptors (Lipinski definition) is 4. The van der Waals surface area contributed by atoms with Gasteiger partial charge in [-0.15, -0.1) is 11.3 Å². The Morgan fingerprint density at radius 2 is 2.26 bits per heavy atom. The van der Waals surface area contributed by atoms with Gasteiger partial charge in [0.05, 0.1) is 18.2 Å². The summed E-state index contributed by atoms with van der Waals surface area (Å²) in [6, 6.07) is 4.01. The lowest BCUT2D eigenvalue weighted by Crippen LogP contribution is -1.90. The molecule has 3 aromatic rings. The number of furan rings is 1. The standard InChI is InChI=1S/C15H14N2OS/c1-2-3-11-4-6-16-8-13(11)15-17-14(10-19-15)12-5-7-18-9-12/h4-10H,2-3H2,1H3. The summed E-state index contributed by atoms with van der Waals surface area (Å²) in [5.41, 5.74) is 4.43. The van der Waals surface area contributed by atoms with E-state index in [-0.39, 0.29) is 0 Å². The monoisotopic (exact) mass is 270 g/mol. The quantitative estimate of drug-likeness (QED) is 0.704. The number of aromatic nitrogens is 2. The first kappa shape index (κ1) is 12.1. The van der Waals surface area contributed by atoms with Crippen molar-refractivity contribution in [1.82, 2.24) is 9.97 Å². The lowest BCUT2D eigenvalue weighted by atomic mass is 10.1. The Labute approximate surface area is 116 Å². The molecule has 0 saturated heterocycles. The van der Waals surface area contributed by atoms with E-state index < -0.39 is 0 Å². The van der Waals surface area contributed by atoms with E-state index >= 15 is 0 Å². The van der Waals surface area contributed by atoms with E-state index in [1.54, 1.807) is 23.9 Å². The third-order valence-electron chi connectivity index (χ3n) is 2.98. The van der Waals surface area contributed by atoms with Gasteiger partial charge >= 0.3 is 0 Å². The van der Waals surface area contributed by atoms with Gasteiger partial charge in [0, 0.05) is 28.9 Å². The van der Waals surface area contributed by atoms with Gasteiger partial charge < -0.3 is 4.42 Å². The smallest absolute Gasteiger partial charge is 0.125 e. The summed E-state index contributed by atoms with van der Waals surface area (Å²) in [6.45, 7) is 2.18. The molecular formula is C15H14N2OS. The molecule has 0 radical (unpaired) electrons. The van der Waals surface area contributed by atoms with Crippen LogP contribution in [0.25, 0.3) is 21.8 Å². The highest BCUT2D eigenvalue weighted by atomic mass is 32.1. The topological polar surface area (TPSA) is 38.9 Å². The Morgan fingerprint density at radius 3 is 3.05 bits per heavy atom. The highest BCUT2D eigenvalue weighted by Crippen LogP contribution is 2.31. The van der Waals surface area contributed by atoms with E-state index in [1.165, 1.54) is 5.56 Å². The van der Waals surface area contributed by atoms with E-state index in [0.29, 0.717) is 0 Å². The first-order valence-corrected chi connectivity index (χ1v) is 7.18. The second kappa shape index (κ2) is 5.36. The van der Waals surface area contributed by atoms with E-state index in [1.807, 2.05) is 18.5 Å². The molecule has 0 aliphatic carbocycles. The summed E-state index contributed by atoms with van der Waals surface area (Å²) in [4.78, 5) is 8.91. The largest absolute Gasteiger partial charge is 0.472 e. The lowest BCUT2D eigenvalue weighted by molar-refractivity contribution is 0.568. The van der Waals surface area contributed by atoms with Crippen molar-refractivity contribution in [2.45, 2.75) is 19.8 Å². The van der Waals surface area contributed by atoms with Crippen molar-refractivity contribution in [2.24, 2.45) is 0 Å². The molecule has 96 valence electrons. The fourth-order valence-electron chi connectivity index (χ4n) is 2.04. The van der Waals surface area contributed by atoms with Crippen LogP contribution in [0, 0.1) is 0 Å². The second-order valence-electron chi connectivity index (χ2n) is 4.33. The third-order valence-corrected chi connectivity index (χ3v) is 3.86. The molecule has 0 atom stereocenters. The summed E-state index contributed by atoms with van der Waals surface area (Å²) in [5.74, 6) is 0. The molecule has 0 amide bonds. The first-order chi connectivity index (χ1) is 9.38. The maximum Gasteiger partial charge on any atom is 0.125 e. The molecule has 0 fully saturated rings. The van der Waals surface area contributed by atoms with Gasteiger partial charge in [-0.05, 0) is 24.1 Å². The molecule has 19 heavy (non-hydrogen) atoms. The predicted molar refractivity (Wildman–Crippen MR) is 77.0 cm³/mol. The van der Waals surface area contributed by atoms with Crippen LogP contribution in [0.4, 0.5) is 0 Å². The molecule has 3 heterocycles. The number of aryl methyl sites for hydroxylation is 1. The maximum atomic E-state index is 5.10. The molecule has 0 bridgehead atoms. The van der Waals surface area contributed by atoms with E-state index in [0.717, 1.165) is 34.7 Å². The van der Waals surface area contributed by atoms with Crippen molar-refractivity contribution in [2.75, 3.05) is 0 Å². The molecule has 3 rings (SSSR count). The molecule has 0 unspecified atom stereocenters. The molecule has 0 saturated carbocycles. The van der Waals surface area contributed by atoms with Crippen LogP contribution in [0.15, 0.2) is 46.8 Å². The van der Waals surface area contributed by atoms with Crippen molar-refractivity contribution in [1.29, 1.82) is 0 Å². The zero-order valence-electron chi connectivity index (χ0n) is 10.7. The number of nitrogens with zero attached hydrogens (tertiary/aromatic N) is 2. The van der Waals surface area contributed by atoms with Crippen molar-refractivity contribution in [3.8, 4) is 21.8 Å². The zero-order chi connectivity index (χ0) is 13.1. The molecule has 0 aromatic carbocycles. The number of rotatable bonds is 4. The summed E-state index contributed by atoms with van der Waals surface area (Å²) in [7, 11) is 0. The molecule has 4 heteroatoms. The van der Waals surface area contributed by atoms with Gasteiger partial charge in [0.25, 0.3) is 0 Å². The number of hydrogen-bond donors (Lipinski definition) is 0. The average Bonchev–Trinajstić information content (AvgIpc) is 3.11. The minimum absolute atomic E-state index is 0.958. The van der Waals surface area contributed by atoms with E-state index in [2.05, 4.69) is 28.3 Å². The second-order valence-corrected chi connectivity index (χ2v) is 5.19. The minimum Gasteiger partial charge on any atom is -0.472 e. The SMILES string of the molecule is CCCc1ccncc1-c1nc(-c2ccoc2)cs1. The third kappa shape index (κ3) is 2.44. The van der Waals surface area contributed by atoms with Gasteiger partial charge in [0.15, 0.2) is 0 Å². The van der Waals surface area contributed by atoms with E-state index in [9.17, 15) is 0 Å². The summed E-state index contributed by atoms with van der Waals surface area (Å²) in [6.07, 6.45) is 9.31. The van der Waals surface area contributed by atoms with Crippen LogP contribution >= 0.6 is 11.3 Å². The van der Waals surface area contributed by atoms with Crippen LogP contribution in [-0.2, 0) is 6.42 Å². The molecular weight excluding hydrogens is 256 g/mol. The fourth-order valence-corrected chi connectivity index (χ4v) is 2.92. The average molecular weight is 270 g/mol. The summed E-state index contributed by atoms with van der Waals surface area (Å²) >= 11 is 1.65. The van der Waals surface area contributed by atoms with Gasteiger partial charge in [0.2, 0.25) is 0 Å². The van der Waals surface area contributed by atoms with Crippen LogP contribution in [-0.4, -0.2) is 9.97 Å². The van der Waals surface area contributed by atoms with Crippen LogP contribution in [0.5, 0.6) is 0 Å². The number of pyridine rings is 1. The van der Waals surface area contributed by atoms with Gasteiger partial charge in [-0.3, -0.25) is 4.98 Å². The Balaban J connectivity index is 1.99. The lowest BCUT2D eigenvalue weighted by Gasteiger charge is -2.04. The van der Waals surface area contributed by atoms with Gasteiger partial charge in [-0.25, -0.2) is 4.98 Å². The van der Waals surface area contributed by atoms with Crippen LogP contribution < -0.4 is 0 Å². The van der Waals surface area contributed by atoms with Crippen LogP contribution in [0.3, 0.4) is 0 Å². The Kier molecular flexibility index (Phi) is 3.42. The highest BCUT2D eigenvalue weighted by molar-refractivity contribution is 7.13. The van der Waals surface area contributed by atoms with Crippen LogP contribution in [0.2, 0.25) is 0 Å². The molecule has 0 aliphatic rings. The predicted octanol–water partition coefficient (Wildman–Crippen LogP) is 4.42. The Bertz CT molecular complexity index is 658. The normalized spacial score (nSPS) is 10.8. The fraction of sp³-hybridized carbons (Fsp3) is 0.200. The Morgan fingerprint density at radius 1 is 1.32 bits per heavy atom. The Hall–Kier alpha value is -1.94. The molecule has 0 aliphatic heterocycles. The van der Waals surface area contributed by atoms with Crippen molar-refractivity contribution in [3.63, 3.8) is 0 Å². The zero-order valence-corrected chi connectivity index (χ0v) is 11.5. The maximum absolute atomic E-state index is 5.10. The van der Waals surface area contributed by atoms with Crippen molar-refractivity contribution < 1.29 is 4.42 Å². The first-order valence-electron chi connectivity index (χ1n) is 6.30. The molecule has 3 nitrogen and oxygen atoms in total. The van der Waals surface area contributed by atoms with Gasteiger partial charge in [-0.1, -0.05) is 13.3 Å². The summed E-state index contributed by atoms with van der Waals surface area (Å²) < 4.78 is 5.10. The van der Waals surface area contributed by atoms with Crippen molar-refractivity contribution in [3.05, 3.63) is 48.0 Å². The highest BCUT2D eigenvalue weighted by Gasteiger charge is 2.10. The molecule has 0 spiro atoms. The summed E-state index contributed by atoms with van der Waals surface area (Å²) in [5, 5.41) is 3.08. The molecule has 3 aromatic heterocycles. The number of thiazole rings is 1.